The highest BCUT2D eigenvalue weighted by Gasteiger charge is 2.01. The fourth-order valence-electron chi connectivity index (χ4n) is 0.953. The zero-order valence-corrected chi connectivity index (χ0v) is 6.43. The first-order valence-corrected chi connectivity index (χ1v) is 3.91. The van der Waals surface area contributed by atoms with Crippen molar-refractivity contribution in [1.29, 1.82) is 5.53 Å². The Labute approximate surface area is 67.4 Å². The number of nitrogens with zero attached hydrogens (tertiary/aromatic N) is 2. The Morgan fingerprint density at radius 2 is 2.18 bits per heavy atom. The van der Waals surface area contributed by atoms with Gasteiger partial charge in [-0.05, 0) is 23.7 Å². The summed E-state index contributed by atoms with van der Waals surface area (Å²) >= 11 is 1.37. The molecule has 0 spiro atoms. The molecule has 54 valence electrons. The summed E-state index contributed by atoms with van der Waals surface area (Å²) in [7, 11) is 0. The largest absolute Gasteiger partial charge is 0.203 e. The van der Waals surface area contributed by atoms with Gasteiger partial charge in [0.2, 0.25) is 0 Å². The molecule has 0 radical (unpaired) electrons. The molecule has 2 aromatic rings. The van der Waals surface area contributed by atoms with Crippen LogP contribution in [0, 0.1) is 5.53 Å². The molecule has 11 heavy (non-hydrogen) atoms. The molecule has 3 nitrogen and oxygen atoms in total. The molecule has 0 amide bonds. The van der Waals surface area contributed by atoms with E-state index in [1.54, 1.807) is 0 Å². The zero-order chi connectivity index (χ0) is 7.68. The van der Waals surface area contributed by atoms with E-state index in [4.69, 9.17) is 5.53 Å². The number of rotatable bonds is 1. The summed E-state index contributed by atoms with van der Waals surface area (Å²) in [5.41, 5.74) is 6.81. The lowest BCUT2D eigenvalue weighted by Gasteiger charge is -1.84. The standard InChI is InChI=1S/C7H5N3S/c8-9-7-5-3-1-2-4-6(5)11-10-7/h1-4,8H. The van der Waals surface area contributed by atoms with Crippen molar-refractivity contribution in [3.63, 3.8) is 0 Å². The van der Waals surface area contributed by atoms with Crippen LogP contribution in [0.1, 0.15) is 0 Å². The van der Waals surface area contributed by atoms with Gasteiger partial charge in [-0.3, -0.25) is 0 Å². The van der Waals surface area contributed by atoms with Crippen LogP contribution in [-0.4, -0.2) is 4.37 Å². The molecule has 0 aliphatic heterocycles. The molecule has 1 aromatic carbocycles. The Balaban J connectivity index is 2.86. The van der Waals surface area contributed by atoms with Crippen LogP contribution in [0.4, 0.5) is 5.82 Å². The van der Waals surface area contributed by atoms with Crippen LogP contribution in [0.25, 0.3) is 10.1 Å². The zero-order valence-electron chi connectivity index (χ0n) is 5.61. The first-order valence-electron chi connectivity index (χ1n) is 3.13. The molecule has 0 atom stereocenters. The summed E-state index contributed by atoms with van der Waals surface area (Å²) < 4.78 is 5.08. The van der Waals surface area contributed by atoms with Crippen molar-refractivity contribution < 1.29 is 0 Å². The smallest absolute Gasteiger partial charge is 0.194 e. The molecule has 0 aliphatic rings. The van der Waals surface area contributed by atoms with Gasteiger partial charge in [0.25, 0.3) is 0 Å². The summed E-state index contributed by atoms with van der Waals surface area (Å²) in [5.74, 6) is 0.519. The third-order valence-corrected chi connectivity index (χ3v) is 2.28. The summed E-state index contributed by atoms with van der Waals surface area (Å²) in [6.07, 6.45) is 0. The van der Waals surface area contributed by atoms with Crippen molar-refractivity contribution in [1.82, 2.24) is 4.37 Å². The third-order valence-electron chi connectivity index (χ3n) is 1.46. The van der Waals surface area contributed by atoms with Crippen molar-refractivity contribution >= 4 is 27.4 Å². The van der Waals surface area contributed by atoms with Gasteiger partial charge in [0, 0.05) is 5.39 Å². The molecule has 1 N–H and O–H groups in total. The first kappa shape index (κ1) is 6.42. The van der Waals surface area contributed by atoms with Crippen LogP contribution < -0.4 is 0 Å². The highest BCUT2D eigenvalue weighted by Crippen LogP contribution is 2.27. The fourth-order valence-corrected chi connectivity index (χ4v) is 1.67. The SMILES string of the molecule is N=Nc1nsc2ccccc12. The minimum absolute atomic E-state index is 0.519. The normalized spacial score (nSPS) is 10.2. The van der Waals surface area contributed by atoms with Gasteiger partial charge in [0.05, 0.1) is 4.70 Å². The van der Waals surface area contributed by atoms with Gasteiger partial charge in [-0.25, -0.2) is 5.53 Å². The topological polar surface area (TPSA) is 49.1 Å². The van der Waals surface area contributed by atoms with Crippen LogP contribution in [0.2, 0.25) is 0 Å². The van der Waals surface area contributed by atoms with E-state index < -0.39 is 0 Å². The van der Waals surface area contributed by atoms with E-state index in [2.05, 4.69) is 9.49 Å². The van der Waals surface area contributed by atoms with Crippen LogP contribution in [-0.2, 0) is 0 Å². The Morgan fingerprint density at radius 3 is 3.00 bits per heavy atom. The number of hydrogen-bond acceptors (Lipinski definition) is 4. The Bertz CT molecular complexity index is 393. The average Bonchev–Trinajstić information content (AvgIpc) is 2.47. The molecule has 0 aliphatic carbocycles. The fraction of sp³-hybridized carbons (Fsp3) is 0. The molecule has 0 fully saturated rings. The quantitative estimate of drug-likeness (QED) is 0.645. The molecule has 1 heterocycles. The average molecular weight is 163 g/mol. The van der Waals surface area contributed by atoms with E-state index in [0.29, 0.717) is 5.82 Å². The van der Waals surface area contributed by atoms with Gasteiger partial charge in [0.15, 0.2) is 5.82 Å². The van der Waals surface area contributed by atoms with Crippen molar-refractivity contribution in [2.45, 2.75) is 0 Å². The van der Waals surface area contributed by atoms with Crippen molar-refractivity contribution in [3.8, 4) is 0 Å². The lowest BCUT2D eigenvalue weighted by Crippen LogP contribution is -1.61. The van der Waals surface area contributed by atoms with Crippen molar-refractivity contribution in [2.75, 3.05) is 0 Å². The minimum atomic E-state index is 0.519. The van der Waals surface area contributed by atoms with E-state index in [1.807, 2.05) is 24.3 Å². The van der Waals surface area contributed by atoms with Gasteiger partial charge in [-0.1, -0.05) is 12.1 Å². The van der Waals surface area contributed by atoms with Gasteiger partial charge in [-0.2, -0.15) is 4.37 Å². The van der Waals surface area contributed by atoms with Gasteiger partial charge < -0.3 is 0 Å². The van der Waals surface area contributed by atoms with Crippen molar-refractivity contribution in [2.24, 2.45) is 5.11 Å². The molecule has 4 heteroatoms. The molecule has 0 bridgehead atoms. The first-order chi connectivity index (χ1) is 5.42. The van der Waals surface area contributed by atoms with Gasteiger partial charge >= 0.3 is 0 Å². The third kappa shape index (κ3) is 0.914. The maximum atomic E-state index is 6.81. The minimum Gasteiger partial charge on any atom is -0.203 e. The molecule has 2 rings (SSSR count). The van der Waals surface area contributed by atoms with E-state index >= 15 is 0 Å². The van der Waals surface area contributed by atoms with Gasteiger partial charge in [0.1, 0.15) is 0 Å². The van der Waals surface area contributed by atoms with Gasteiger partial charge in [-0.15, -0.1) is 5.11 Å². The maximum absolute atomic E-state index is 6.81. The van der Waals surface area contributed by atoms with Crippen LogP contribution in [0.15, 0.2) is 29.4 Å². The summed E-state index contributed by atoms with van der Waals surface area (Å²) in [6.45, 7) is 0. The van der Waals surface area contributed by atoms with E-state index in [9.17, 15) is 0 Å². The van der Waals surface area contributed by atoms with E-state index in [-0.39, 0.29) is 0 Å². The highest BCUT2D eigenvalue weighted by molar-refractivity contribution is 7.13. The summed E-state index contributed by atoms with van der Waals surface area (Å²) in [6, 6.07) is 7.77. The second kappa shape index (κ2) is 2.39. The van der Waals surface area contributed by atoms with E-state index in [0.717, 1.165) is 10.1 Å². The predicted molar refractivity (Wildman–Crippen MR) is 44.4 cm³/mol. The van der Waals surface area contributed by atoms with Crippen molar-refractivity contribution in [3.05, 3.63) is 24.3 Å². The molecular weight excluding hydrogens is 158 g/mol. The lowest BCUT2D eigenvalue weighted by atomic mass is 10.3. The Hall–Kier alpha value is -1.29. The highest BCUT2D eigenvalue weighted by atomic mass is 32.1. The molecular formula is C7H5N3S. The molecule has 0 saturated carbocycles. The second-order valence-electron chi connectivity index (χ2n) is 2.11. The number of benzene rings is 1. The van der Waals surface area contributed by atoms with Crippen LogP contribution >= 0.6 is 11.5 Å². The number of fused-ring (bicyclic) bond motifs is 1. The monoisotopic (exact) mass is 163 g/mol. The summed E-state index contributed by atoms with van der Waals surface area (Å²) in [5, 5.41) is 4.27. The number of aromatic nitrogens is 1. The number of hydrogen-bond donors (Lipinski definition) is 1. The Kier molecular flexibility index (Phi) is 1.40. The predicted octanol–water partition coefficient (Wildman–Crippen LogP) is 2.96. The molecule has 0 saturated heterocycles. The lowest BCUT2D eigenvalue weighted by molar-refractivity contribution is 1.13. The van der Waals surface area contributed by atoms with Crippen LogP contribution in [0.5, 0.6) is 0 Å². The molecule has 0 unspecified atom stereocenters. The molecule has 1 aromatic heterocycles. The maximum Gasteiger partial charge on any atom is 0.194 e. The van der Waals surface area contributed by atoms with Crippen LogP contribution in [0.3, 0.4) is 0 Å². The second-order valence-corrected chi connectivity index (χ2v) is 2.92. The summed E-state index contributed by atoms with van der Waals surface area (Å²) in [4.78, 5) is 0. The number of nitrogens with one attached hydrogen (secondary N) is 1. The Morgan fingerprint density at radius 1 is 1.36 bits per heavy atom. The van der Waals surface area contributed by atoms with E-state index in [1.165, 1.54) is 11.5 Å².